The summed E-state index contributed by atoms with van der Waals surface area (Å²) in [4.78, 5) is 0. The molecule has 0 saturated carbocycles. The van der Waals surface area contributed by atoms with E-state index in [1.165, 1.54) is 6.07 Å². The molecule has 1 aromatic rings. The van der Waals surface area contributed by atoms with Gasteiger partial charge < -0.3 is 6.15 Å². The van der Waals surface area contributed by atoms with Crippen molar-refractivity contribution in [2.75, 3.05) is 0 Å². The van der Waals surface area contributed by atoms with Crippen LogP contribution in [0.2, 0.25) is 0 Å². The highest BCUT2D eigenvalue weighted by Crippen LogP contribution is 2.37. The average Bonchev–Trinajstić information content (AvgIpc) is 1.88. The molecule has 3 N–H and O–H groups in total. The Balaban J connectivity index is 0.000000845. The van der Waals surface area contributed by atoms with Crippen molar-refractivity contribution < 1.29 is 13.2 Å². The lowest BCUT2D eigenvalue weighted by atomic mass is 9.85. The predicted molar refractivity (Wildman–Crippen MR) is 43.9 cm³/mol. The second kappa shape index (κ2) is 3.03. The van der Waals surface area contributed by atoms with Gasteiger partial charge in [-0.15, -0.1) is 0 Å². The minimum absolute atomic E-state index is 0. The molecule has 13 heavy (non-hydrogen) atoms. The van der Waals surface area contributed by atoms with Crippen molar-refractivity contribution in [1.82, 2.24) is 6.15 Å². The Kier molecular flexibility index (Phi) is 2.34. The molecule has 0 aromatic heterocycles. The second-order valence-electron chi connectivity index (χ2n) is 2.94. The van der Waals surface area contributed by atoms with E-state index in [2.05, 4.69) is 0 Å². The zero-order chi connectivity index (χ0) is 8.77. The van der Waals surface area contributed by atoms with Crippen LogP contribution in [0.3, 0.4) is 0 Å². The van der Waals surface area contributed by atoms with Crippen LogP contribution in [0.15, 0.2) is 18.2 Å². The maximum Gasteiger partial charge on any atom is 0.416 e. The zero-order valence-electron chi connectivity index (χ0n) is 6.99. The molecule has 1 aliphatic rings. The third-order valence-corrected chi connectivity index (χ3v) is 2.22. The van der Waals surface area contributed by atoms with Crippen molar-refractivity contribution in [2.24, 2.45) is 0 Å². The van der Waals surface area contributed by atoms with E-state index in [1.807, 2.05) is 0 Å². The van der Waals surface area contributed by atoms with E-state index in [0.29, 0.717) is 12.0 Å². The number of halogens is 3. The third-order valence-electron chi connectivity index (χ3n) is 2.22. The smallest absolute Gasteiger partial charge is 0.344 e. The van der Waals surface area contributed by atoms with E-state index in [4.69, 9.17) is 0 Å². The summed E-state index contributed by atoms with van der Waals surface area (Å²) in [5, 5.41) is 0. The summed E-state index contributed by atoms with van der Waals surface area (Å²) in [6, 6.07) is 4.38. The van der Waals surface area contributed by atoms with Gasteiger partial charge in [-0.25, -0.2) is 0 Å². The Morgan fingerprint density at radius 3 is 2.15 bits per heavy atom. The second-order valence-corrected chi connectivity index (χ2v) is 2.94. The van der Waals surface area contributed by atoms with E-state index in [-0.39, 0.29) is 6.15 Å². The molecule has 0 heterocycles. The van der Waals surface area contributed by atoms with Crippen LogP contribution in [0.25, 0.3) is 0 Å². The normalized spacial score (nSPS) is 14.1. The Labute approximate surface area is 74.2 Å². The van der Waals surface area contributed by atoms with Gasteiger partial charge in [0.1, 0.15) is 0 Å². The zero-order valence-corrected chi connectivity index (χ0v) is 6.99. The van der Waals surface area contributed by atoms with Gasteiger partial charge in [-0.05, 0) is 30.0 Å². The molecule has 0 unspecified atom stereocenters. The first-order valence-corrected chi connectivity index (χ1v) is 3.77. The number of fused-ring (bicyclic) bond motifs is 1. The fraction of sp³-hybridized carbons (Fsp3) is 0.333. The minimum atomic E-state index is -4.17. The number of hydrogen-bond donors (Lipinski definition) is 1. The summed E-state index contributed by atoms with van der Waals surface area (Å²) in [7, 11) is 0. The van der Waals surface area contributed by atoms with E-state index in [0.717, 1.165) is 18.1 Å². The number of aryl methyl sites for hydroxylation is 1. The fourth-order valence-electron chi connectivity index (χ4n) is 1.51. The van der Waals surface area contributed by atoms with Crippen molar-refractivity contribution in [2.45, 2.75) is 19.0 Å². The Hall–Kier alpha value is -1.03. The molecule has 0 amide bonds. The Morgan fingerprint density at radius 2 is 1.77 bits per heavy atom. The Morgan fingerprint density at radius 1 is 1.08 bits per heavy atom. The molecule has 1 aromatic carbocycles. The van der Waals surface area contributed by atoms with Gasteiger partial charge in [0.2, 0.25) is 0 Å². The van der Waals surface area contributed by atoms with Crippen LogP contribution in [-0.4, -0.2) is 0 Å². The highest BCUT2D eigenvalue weighted by molar-refractivity contribution is 5.43. The summed E-state index contributed by atoms with van der Waals surface area (Å²) in [5.74, 6) is 0. The molecule has 1 aliphatic carbocycles. The number of alkyl halides is 3. The lowest BCUT2D eigenvalue weighted by molar-refractivity contribution is -0.138. The van der Waals surface area contributed by atoms with Crippen LogP contribution in [-0.2, 0) is 19.0 Å². The number of hydrogen-bond acceptors (Lipinski definition) is 1. The number of rotatable bonds is 0. The van der Waals surface area contributed by atoms with Crippen LogP contribution >= 0.6 is 0 Å². The van der Waals surface area contributed by atoms with E-state index >= 15 is 0 Å². The van der Waals surface area contributed by atoms with Gasteiger partial charge in [0.05, 0.1) is 5.56 Å². The largest absolute Gasteiger partial charge is 0.416 e. The van der Waals surface area contributed by atoms with Gasteiger partial charge >= 0.3 is 6.18 Å². The summed E-state index contributed by atoms with van der Waals surface area (Å²) in [6.45, 7) is 0. The third kappa shape index (κ3) is 1.54. The summed E-state index contributed by atoms with van der Waals surface area (Å²) < 4.78 is 36.8. The average molecular weight is 189 g/mol. The van der Waals surface area contributed by atoms with Gasteiger partial charge in [-0.1, -0.05) is 12.1 Å². The highest BCUT2D eigenvalue weighted by Gasteiger charge is 2.35. The maximum absolute atomic E-state index is 12.3. The van der Waals surface area contributed by atoms with E-state index in [9.17, 15) is 13.2 Å². The van der Waals surface area contributed by atoms with Crippen LogP contribution in [0.4, 0.5) is 13.2 Å². The van der Waals surface area contributed by atoms with E-state index < -0.39 is 11.7 Å². The molecule has 0 spiro atoms. The molecule has 4 heteroatoms. The molecule has 0 atom stereocenters. The predicted octanol–water partition coefficient (Wildman–Crippen LogP) is 2.97. The molecule has 0 aliphatic heterocycles. The lowest BCUT2D eigenvalue weighted by Crippen LogP contribution is -2.17. The summed E-state index contributed by atoms with van der Waals surface area (Å²) >= 11 is 0. The minimum Gasteiger partial charge on any atom is -0.344 e. The molecule has 0 saturated heterocycles. The topological polar surface area (TPSA) is 35.0 Å². The molecular formula is C9H10F3N. The van der Waals surface area contributed by atoms with Gasteiger partial charge in [0, 0.05) is 0 Å². The summed E-state index contributed by atoms with van der Waals surface area (Å²) in [5.41, 5.74) is 0.890. The monoisotopic (exact) mass is 189 g/mol. The van der Waals surface area contributed by atoms with Crippen LogP contribution in [0.1, 0.15) is 16.7 Å². The van der Waals surface area contributed by atoms with Crippen molar-refractivity contribution >= 4 is 0 Å². The molecular weight excluding hydrogens is 179 g/mol. The van der Waals surface area contributed by atoms with Crippen molar-refractivity contribution in [1.29, 1.82) is 0 Å². The quantitative estimate of drug-likeness (QED) is 0.669. The highest BCUT2D eigenvalue weighted by atomic mass is 19.4. The van der Waals surface area contributed by atoms with Crippen LogP contribution in [0, 0.1) is 0 Å². The molecule has 1 nitrogen and oxygen atoms in total. The Bertz CT molecular complexity index is 317. The first-order chi connectivity index (χ1) is 5.59. The van der Waals surface area contributed by atoms with E-state index in [1.54, 1.807) is 6.07 Å². The molecule has 0 radical (unpaired) electrons. The van der Waals surface area contributed by atoms with Crippen molar-refractivity contribution in [3.05, 3.63) is 34.9 Å². The first kappa shape index (κ1) is 10.1. The van der Waals surface area contributed by atoms with Gasteiger partial charge in [-0.3, -0.25) is 0 Å². The lowest BCUT2D eigenvalue weighted by Gasteiger charge is -2.23. The molecule has 0 fully saturated rings. The van der Waals surface area contributed by atoms with Crippen LogP contribution < -0.4 is 6.15 Å². The molecule has 2 rings (SSSR count). The SMILES string of the molecule is FC(F)(F)c1cccc2c1CC2.N. The fourth-order valence-corrected chi connectivity index (χ4v) is 1.51. The molecule has 0 bridgehead atoms. The first-order valence-electron chi connectivity index (χ1n) is 3.77. The van der Waals surface area contributed by atoms with Gasteiger partial charge in [0.15, 0.2) is 0 Å². The van der Waals surface area contributed by atoms with Crippen molar-refractivity contribution in [3.63, 3.8) is 0 Å². The van der Waals surface area contributed by atoms with Gasteiger partial charge in [0.25, 0.3) is 0 Å². The van der Waals surface area contributed by atoms with Crippen LogP contribution in [0.5, 0.6) is 0 Å². The number of benzene rings is 1. The molecule has 72 valence electrons. The summed E-state index contributed by atoms with van der Waals surface area (Å²) in [6.07, 6.45) is -2.81. The van der Waals surface area contributed by atoms with Crippen molar-refractivity contribution in [3.8, 4) is 0 Å². The van der Waals surface area contributed by atoms with Gasteiger partial charge in [-0.2, -0.15) is 13.2 Å². The maximum atomic E-state index is 12.3. The standard InChI is InChI=1S/C9H7F3.H3N/c10-9(11,12)8-3-1-2-6-4-5-7(6)8;/h1-3H,4-5H2;1H3.